The van der Waals surface area contributed by atoms with Crippen LogP contribution in [0.3, 0.4) is 0 Å². The molecule has 134 valence electrons. The van der Waals surface area contributed by atoms with E-state index < -0.39 is 5.91 Å². The SMILES string of the molecule is O=C(NO)c1ccc(CN(CCO)Cc2cnc3ccccc3c2)cc1. The summed E-state index contributed by atoms with van der Waals surface area (Å²) in [5.74, 6) is -0.536. The van der Waals surface area contributed by atoms with Gasteiger partial charge in [-0.3, -0.25) is 19.9 Å². The molecule has 0 saturated carbocycles. The molecule has 0 unspecified atom stereocenters. The molecule has 3 rings (SSSR count). The number of aliphatic hydroxyl groups is 1. The van der Waals surface area contributed by atoms with Gasteiger partial charge in [0, 0.05) is 36.8 Å². The van der Waals surface area contributed by atoms with Crippen molar-refractivity contribution in [3.63, 3.8) is 0 Å². The Morgan fingerprint density at radius 3 is 2.50 bits per heavy atom. The number of aromatic nitrogens is 1. The standard InChI is InChI=1S/C20H21N3O3/c24-10-9-23(13-15-5-7-17(8-6-15)20(25)22-26)14-16-11-18-3-1-2-4-19(18)21-12-16/h1-8,11-12,24,26H,9-10,13-14H2,(H,22,25). The zero-order valence-electron chi connectivity index (χ0n) is 14.3. The number of benzene rings is 2. The highest BCUT2D eigenvalue weighted by atomic mass is 16.5. The van der Waals surface area contributed by atoms with Crippen molar-refractivity contribution in [2.24, 2.45) is 0 Å². The van der Waals surface area contributed by atoms with E-state index in [-0.39, 0.29) is 6.61 Å². The predicted molar refractivity (Wildman–Crippen MR) is 98.6 cm³/mol. The summed E-state index contributed by atoms with van der Waals surface area (Å²) in [6.45, 7) is 1.89. The first kappa shape index (κ1) is 18.0. The first-order valence-corrected chi connectivity index (χ1v) is 8.40. The minimum absolute atomic E-state index is 0.0615. The monoisotopic (exact) mass is 351 g/mol. The fourth-order valence-corrected chi connectivity index (χ4v) is 2.90. The van der Waals surface area contributed by atoms with Gasteiger partial charge in [0.25, 0.3) is 5.91 Å². The Bertz CT molecular complexity index is 881. The van der Waals surface area contributed by atoms with Gasteiger partial charge >= 0.3 is 0 Å². The van der Waals surface area contributed by atoms with Crippen LogP contribution in [0.5, 0.6) is 0 Å². The lowest BCUT2D eigenvalue weighted by atomic mass is 10.1. The maximum atomic E-state index is 11.4. The number of carbonyl (C=O) groups excluding carboxylic acids is 1. The van der Waals surface area contributed by atoms with Crippen molar-refractivity contribution in [3.8, 4) is 0 Å². The van der Waals surface area contributed by atoms with E-state index in [2.05, 4.69) is 16.0 Å². The molecule has 6 nitrogen and oxygen atoms in total. The summed E-state index contributed by atoms with van der Waals surface area (Å²) in [4.78, 5) is 18.0. The molecule has 0 atom stereocenters. The van der Waals surface area contributed by atoms with Gasteiger partial charge in [-0.25, -0.2) is 5.48 Å². The lowest BCUT2D eigenvalue weighted by Crippen LogP contribution is -2.26. The Morgan fingerprint density at radius 1 is 1.04 bits per heavy atom. The molecule has 26 heavy (non-hydrogen) atoms. The van der Waals surface area contributed by atoms with E-state index in [1.807, 2.05) is 42.6 Å². The molecular weight excluding hydrogens is 330 g/mol. The molecule has 1 amide bonds. The normalized spacial score (nSPS) is 11.0. The first-order chi connectivity index (χ1) is 12.7. The molecular formula is C20H21N3O3. The molecule has 0 saturated heterocycles. The van der Waals surface area contributed by atoms with Crippen LogP contribution in [0.1, 0.15) is 21.5 Å². The topological polar surface area (TPSA) is 85.7 Å². The van der Waals surface area contributed by atoms with Gasteiger partial charge in [-0.1, -0.05) is 30.3 Å². The zero-order valence-corrected chi connectivity index (χ0v) is 14.3. The van der Waals surface area contributed by atoms with Crippen molar-refractivity contribution in [2.45, 2.75) is 13.1 Å². The molecule has 3 aromatic rings. The van der Waals surface area contributed by atoms with Gasteiger partial charge < -0.3 is 5.11 Å². The summed E-state index contributed by atoms with van der Waals surface area (Å²) in [5, 5.41) is 19.1. The fraction of sp³-hybridized carbons (Fsp3) is 0.200. The smallest absolute Gasteiger partial charge is 0.274 e. The molecule has 0 radical (unpaired) electrons. The summed E-state index contributed by atoms with van der Waals surface area (Å²) < 4.78 is 0. The van der Waals surface area contributed by atoms with Crippen LogP contribution in [0.25, 0.3) is 10.9 Å². The second-order valence-electron chi connectivity index (χ2n) is 6.11. The van der Waals surface area contributed by atoms with Crippen LogP contribution in [0.15, 0.2) is 60.8 Å². The van der Waals surface area contributed by atoms with Crippen LogP contribution in [-0.2, 0) is 13.1 Å². The summed E-state index contributed by atoms with van der Waals surface area (Å²) in [5.41, 5.74) is 5.07. The van der Waals surface area contributed by atoms with E-state index in [9.17, 15) is 9.90 Å². The highest BCUT2D eigenvalue weighted by Crippen LogP contribution is 2.16. The maximum Gasteiger partial charge on any atom is 0.274 e. The number of hydrogen-bond acceptors (Lipinski definition) is 5. The highest BCUT2D eigenvalue weighted by Gasteiger charge is 2.09. The third-order valence-corrected chi connectivity index (χ3v) is 4.19. The zero-order chi connectivity index (χ0) is 18.4. The second-order valence-corrected chi connectivity index (χ2v) is 6.11. The number of amides is 1. The van der Waals surface area contributed by atoms with Crippen molar-refractivity contribution in [2.75, 3.05) is 13.2 Å². The molecule has 0 aliphatic carbocycles. The van der Waals surface area contributed by atoms with Crippen LogP contribution in [0.4, 0.5) is 0 Å². The summed E-state index contributed by atoms with van der Waals surface area (Å²) in [6, 6.07) is 17.1. The molecule has 1 aromatic heterocycles. The highest BCUT2D eigenvalue weighted by molar-refractivity contribution is 5.93. The molecule has 1 heterocycles. The maximum absolute atomic E-state index is 11.4. The van der Waals surface area contributed by atoms with Crippen molar-refractivity contribution in [1.82, 2.24) is 15.4 Å². The molecule has 6 heteroatoms. The Kier molecular flexibility index (Phi) is 5.91. The number of pyridine rings is 1. The summed E-state index contributed by atoms with van der Waals surface area (Å²) in [7, 11) is 0. The van der Waals surface area contributed by atoms with Gasteiger partial charge in [-0.2, -0.15) is 0 Å². The van der Waals surface area contributed by atoms with Crippen molar-refractivity contribution < 1.29 is 15.1 Å². The molecule has 2 aromatic carbocycles. The quantitative estimate of drug-likeness (QED) is 0.449. The third-order valence-electron chi connectivity index (χ3n) is 4.19. The predicted octanol–water partition coefficient (Wildman–Crippen LogP) is 2.35. The number of aliphatic hydroxyl groups excluding tert-OH is 1. The van der Waals surface area contributed by atoms with Crippen LogP contribution < -0.4 is 5.48 Å². The Balaban J connectivity index is 1.72. The van der Waals surface area contributed by atoms with E-state index >= 15 is 0 Å². The number of hydrogen-bond donors (Lipinski definition) is 3. The van der Waals surface area contributed by atoms with E-state index in [0.29, 0.717) is 25.2 Å². The molecule has 0 spiro atoms. The third kappa shape index (κ3) is 4.43. The first-order valence-electron chi connectivity index (χ1n) is 8.40. The second kappa shape index (κ2) is 8.53. The van der Waals surface area contributed by atoms with Gasteiger partial charge in [0.05, 0.1) is 12.1 Å². The number of para-hydroxylation sites is 1. The van der Waals surface area contributed by atoms with Gasteiger partial charge in [-0.05, 0) is 35.4 Å². The molecule has 0 aliphatic rings. The van der Waals surface area contributed by atoms with Gasteiger partial charge in [-0.15, -0.1) is 0 Å². The van der Waals surface area contributed by atoms with Crippen molar-refractivity contribution >= 4 is 16.8 Å². The average Bonchev–Trinajstić information content (AvgIpc) is 2.68. The molecule has 0 aliphatic heterocycles. The van der Waals surface area contributed by atoms with Gasteiger partial charge in [0.15, 0.2) is 0 Å². The number of fused-ring (bicyclic) bond motifs is 1. The Morgan fingerprint density at radius 2 is 1.77 bits per heavy atom. The summed E-state index contributed by atoms with van der Waals surface area (Å²) >= 11 is 0. The Hall–Kier alpha value is -2.80. The molecule has 0 fully saturated rings. The minimum atomic E-state index is -0.536. The Labute approximate surface area is 151 Å². The molecule has 3 N–H and O–H groups in total. The van der Waals surface area contributed by atoms with Crippen molar-refractivity contribution in [3.05, 3.63) is 77.5 Å². The van der Waals surface area contributed by atoms with E-state index in [0.717, 1.165) is 22.0 Å². The van der Waals surface area contributed by atoms with Crippen LogP contribution in [0.2, 0.25) is 0 Å². The van der Waals surface area contributed by atoms with Crippen LogP contribution in [0, 0.1) is 0 Å². The number of nitrogens with one attached hydrogen (secondary N) is 1. The van der Waals surface area contributed by atoms with E-state index in [4.69, 9.17) is 5.21 Å². The van der Waals surface area contributed by atoms with Crippen LogP contribution >= 0.6 is 0 Å². The van der Waals surface area contributed by atoms with Gasteiger partial charge in [0.1, 0.15) is 0 Å². The van der Waals surface area contributed by atoms with Crippen LogP contribution in [-0.4, -0.2) is 39.3 Å². The van der Waals surface area contributed by atoms with Crippen molar-refractivity contribution in [1.29, 1.82) is 0 Å². The minimum Gasteiger partial charge on any atom is -0.395 e. The molecule has 0 bridgehead atoms. The lowest BCUT2D eigenvalue weighted by Gasteiger charge is -2.21. The number of rotatable bonds is 7. The lowest BCUT2D eigenvalue weighted by molar-refractivity contribution is 0.0706. The average molecular weight is 351 g/mol. The summed E-state index contributed by atoms with van der Waals surface area (Å²) in [6.07, 6.45) is 1.86. The van der Waals surface area contributed by atoms with E-state index in [1.54, 1.807) is 17.6 Å². The number of carbonyl (C=O) groups is 1. The van der Waals surface area contributed by atoms with E-state index in [1.165, 1.54) is 0 Å². The fourth-order valence-electron chi connectivity index (χ4n) is 2.90. The largest absolute Gasteiger partial charge is 0.395 e. The van der Waals surface area contributed by atoms with Gasteiger partial charge in [0.2, 0.25) is 0 Å². The number of nitrogens with zero attached hydrogens (tertiary/aromatic N) is 2. The number of hydroxylamine groups is 1.